The highest BCUT2D eigenvalue weighted by Crippen LogP contribution is 2.30. The molecule has 38 heavy (non-hydrogen) atoms. The quantitative estimate of drug-likeness (QED) is 0.368. The summed E-state index contributed by atoms with van der Waals surface area (Å²) >= 11 is 0. The number of alkyl carbamates (subject to hydrolysis) is 1. The predicted octanol–water partition coefficient (Wildman–Crippen LogP) is 5.33. The minimum absolute atomic E-state index is 0.0820. The van der Waals surface area contributed by atoms with Gasteiger partial charge in [-0.1, -0.05) is 91.0 Å². The predicted molar refractivity (Wildman–Crippen MR) is 146 cm³/mol. The van der Waals surface area contributed by atoms with Crippen LogP contribution in [0.3, 0.4) is 0 Å². The SMILES string of the molecule is COc1ccc(CN2C(=O)C(NC(=O)OCc3ccccc3)N=C(c3ccccc3)c3ccccc32)cc1. The first kappa shape index (κ1) is 24.8. The van der Waals surface area contributed by atoms with E-state index in [-0.39, 0.29) is 19.1 Å². The molecule has 7 heteroatoms. The van der Waals surface area contributed by atoms with E-state index in [2.05, 4.69) is 5.32 Å². The van der Waals surface area contributed by atoms with Crippen molar-refractivity contribution in [3.8, 4) is 5.75 Å². The zero-order valence-electron chi connectivity index (χ0n) is 20.9. The van der Waals surface area contributed by atoms with Gasteiger partial charge in [0.05, 0.1) is 25.1 Å². The van der Waals surface area contributed by atoms with E-state index in [1.807, 2.05) is 109 Å². The molecule has 1 unspecified atom stereocenters. The number of benzodiazepines with no additional fused rings is 1. The molecule has 0 fully saturated rings. The summed E-state index contributed by atoms with van der Waals surface area (Å²) in [6.07, 6.45) is -1.90. The van der Waals surface area contributed by atoms with Crippen molar-refractivity contribution >= 4 is 23.4 Å². The molecule has 0 saturated carbocycles. The summed E-state index contributed by atoms with van der Waals surface area (Å²) in [5.41, 5.74) is 4.70. The number of rotatable bonds is 7. The second-order valence-electron chi connectivity index (χ2n) is 8.74. The molecule has 1 aliphatic rings. The number of nitrogens with zero attached hydrogens (tertiary/aromatic N) is 2. The Morgan fingerprint density at radius 2 is 1.50 bits per heavy atom. The summed E-state index contributed by atoms with van der Waals surface area (Å²) < 4.78 is 10.7. The number of hydrogen-bond donors (Lipinski definition) is 1. The zero-order valence-corrected chi connectivity index (χ0v) is 20.9. The largest absolute Gasteiger partial charge is 0.497 e. The molecule has 0 aromatic heterocycles. The summed E-state index contributed by atoms with van der Waals surface area (Å²) in [6, 6.07) is 34.1. The minimum atomic E-state index is -1.18. The maximum Gasteiger partial charge on any atom is 0.409 e. The number of carbonyl (C=O) groups is 2. The summed E-state index contributed by atoms with van der Waals surface area (Å²) in [5, 5.41) is 2.69. The summed E-state index contributed by atoms with van der Waals surface area (Å²) in [4.78, 5) is 33.2. The van der Waals surface area contributed by atoms with Crippen LogP contribution in [0.1, 0.15) is 22.3 Å². The fourth-order valence-electron chi connectivity index (χ4n) is 4.30. The van der Waals surface area contributed by atoms with Crippen molar-refractivity contribution in [2.45, 2.75) is 19.3 Å². The van der Waals surface area contributed by atoms with Gasteiger partial charge in [0.15, 0.2) is 0 Å². The van der Waals surface area contributed by atoms with E-state index in [0.717, 1.165) is 28.0 Å². The number of fused-ring (bicyclic) bond motifs is 1. The van der Waals surface area contributed by atoms with Crippen LogP contribution in [0.2, 0.25) is 0 Å². The van der Waals surface area contributed by atoms with Crippen molar-refractivity contribution in [1.82, 2.24) is 5.32 Å². The van der Waals surface area contributed by atoms with Gasteiger partial charge in [-0.2, -0.15) is 0 Å². The molecule has 0 radical (unpaired) electrons. The van der Waals surface area contributed by atoms with Crippen LogP contribution < -0.4 is 15.0 Å². The van der Waals surface area contributed by atoms with Gasteiger partial charge in [-0.3, -0.25) is 10.1 Å². The van der Waals surface area contributed by atoms with Gasteiger partial charge in [0.1, 0.15) is 12.4 Å². The number of para-hydroxylation sites is 1. The zero-order chi connectivity index (χ0) is 26.3. The average molecular weight is 506 g/mol. The van der Waals surface area contributed by atoms with Crippen LogP contribution in [0.15, 0.2) is 114 Å². The first-order valence-electron chi connectivity index (χ1n) is 12.3. The Morgan fingerprint density at radius 1 is 0.842 bits per heavy atom. The van der Waals surface area contributed by atoms with Crippen LogP contribution in [0, 0.1) is 0 Å². The molecule has 4 aromatic carbocycles. The fourth-order valence-corrected chi connectivity index (χ4v) is 4.30. The summed E-state index contributed by atoms with van der Waals surface area (Å²) in [5.74, 6) is 0.364. The topological polar surface area (TPSA) is 80.2 Å². The van der Waals surface area contributed by atoms with E-state index in [4.69, 9.17) is 14.5 Å². The molecular formula is C31H27N3O4. The van der Waals surface area contributed by atoms with Gasteiger partial charge in [0, 0.05) is 11.1 Å². The third-order valence-electron chi connectivity index (χ3n) is 6.22. The van der Waals surface area contributed by atoms with Gasteiger partial charge in [-0.15, -0.1) is 0 Å². The number of carbonyl (C=O) groups excluding carboxylic acids is 2. The van der Waals surface area contributed by atoms with Gasteiger partial charge < -0.3 is 14.4 Å². The van der Waals surface area contributed by atoms with E-state index in [1.54, 1.807) is 12.0 Å². The minimum Gasteiger partial charge on any atom is -0.497 e. The molecule has 7 nitrogen and oxygen atoms in total. The standard InChI is InChI=1S/C31H27N3O4/c1-37-25-18-16-22(17-19-25)20-34-27-15-9-8-14-26(27)28(24-12-6-3-7-13-24)32-29(30(34)35)33-31(36)38-21-23-10-4-2-5-11-23/h2-19,29H,20-21H2,1H3,(H,33,36). The van der Waals surface area contributed by atoms with Crippen LogP contribution in [0.25, 0.3) is 0 Å². The summed E-state index contributed by atoms with van der Waals surface area (Å²) in [6.45, 7) is 0.368. The lowest BCUT2D eigenvalue weighted by atomic mass is 10.00. The fraction of sp³-hybridized carbons (Fsp3) is 0.129. The van der Waals surface area contributed by atoms with Crippen molar-refractivity contribution in [3.05, 3.63) is 131 Å². The molecule has 4 aromatic rings. The normalized spacial score (nSPS) is 14.7. The number of ether oxygens (including phenoxy) is 2. The highest BCUT2D eigenvalue weighted by molar-refractivity contribution is 6.20. The number of hydrogen-bond acceptors (Lipinski definition) is 5. The van der Waals surface area contributed by atoms with Crippen molar-refractivity contribution in [2.75, 3.05) is 12.0 Å². The molecule has 2 amide bonds. The van der Waals surface area contributed by atoms with Crippen molar-refractivity contribution < 1.29 is 19.1 Å². The highest BCUT2D eigenvalue weighted by atomic mass is 16.5. The van der Waals surface area contributed by atoms with Crippen LogP contribution in [0.4, 0.5) is 10.5 Å². The number of amides is 2. The number of benzene rings is 4. The smallest absolute Gasteiger partial charge is 0.409 e. The van der Waals surface area contributed by atoms with Gasteiger partial charge in [-0.05, 0) is 29.3 Å². The Kier molecular flexibility index (Phi) is 7.45. The second kappa shape index (κ2) is 11.4. The highest BCUT2D eigenvalue weighted by Gasteiger charge is 2.33. The van der Waals surface area contributed by atoms with E-state index in [1.165, 1.54) is 0 Å². The molecule has 1 N–H and O–H groups in total. The molecule has 1 heterocycles. The molecule has 0 aliphatic carbocycles. The third kappa shape index (κ3) is 5.57. The Hall–Kier alpha value is -4.91. The second-order valence-corrected chi connectivity index (χ2v) is 8.74. The van der Waals surface area contributed by atoms with E-state index in [0.29, 0.717) is 11.4 Å². The molecule has 0 bridgehead atoms. The van der Waals surface area contributed by atoms with E-state index >= 15 is 0 Å². The van der Waals surface area contributed by atoms with Crippen LogP contribution in [-0.2, 0) is 22.7 Å². The van der Waals surface area contributed by atoms with Gasteiger partial charge in [-0.25, -0.2) is 9.79 Å². The Bertz CT molecular complexity index is 1440. The maximum absolute atomic E-state index is 13.9. The lowest BCUT2D eigenvalue weighted by Gasteiger charge is -2.25. The molecule has 5 rings (SSSR count). The lowest BCUT2D eigenvalue weighted by Crippen LogP contribution is -2.47. The van der Waals surface area contributed by atoms with E-state index < -0.39 is 12.3 Å². The number of aliphatic imine (C=N–C) groups is 1. The number of nitrogens with one attached hydrogen (secondary N) is 1. The van der Waals surface area contributed by atoms with E-state index in [9.17, 15) is 9.59 Å². The molecule has 1 aliphatic heterocycles. The third-order valence-corrected chi connectivity index (χ3v) is 6.22. The lowest BCUT2D eigenvalue weighted by molar-refractivity contribution is -0.120. The van der Waals surface area contributed by atoms with Crippen LogP contribution in [0.5, 0.6) is 5.75 Å². The summed E-state index contributed by atoms with van der Waals surface area (Å²) in [7, 11) is 1.61. The van der Waals surface area contributed by atoms with Gasteiger partial charge >= 0.3 is 6.09 Å². The number of methoxy groups -OCH3 is 1. The van der Waals surface area contributed by atoms with Crippen molar-refractivity contribution in [3.63, 3.8) is 0 Å². The maximum atomic E-state index is 13.9. The van der Waals surface area contributed by atoms with Crippen molar-refractivity contribution in [1.29, 1.82) is 0 Å². The Balaban J connectivity index is 1.49. The first-order valence-corrected chi connectivity index (χ1v) is 12.3. The van der Waals surface area contributed by atoms with Crippen LogP contribution in [-0.4, -0.2) is 31.0 Å². The molecular weight excluding hydrogens is 478 g/mol. The van der Waals surface area contributed by atoms with Gasteiger partial charge in [0.25, 0.3) is 5.91 Å². The molecule has 0 saturated heterocycles. The first-order chi connectivity index (χ1) is 18.6. The van der Waals surface area contributed by atoms with Crippen molar-refractivity contribution in [2.24, 2.45) is 4.99 Å². The number of anilines is 1. The molecule has 0 spiro atoms. The van der Waals surface area contributed by atoms with Crippen LogP contribution >= 0.6 is 0 Å². The monoisotopic (exact) mass is 505 g/mol. The van der Waals surface area contributed by atoms with Gasteiger partial charge in [0.2, 0.25) is 6.17 Å². The Morgan fingerprint density at radius 3 is 2.21 bits per heavy atom. The molecule has 1 atom stereocenters. The Labute approximate surface area is 221 Å². The average Bonchev–Trinajstić information content (AvgIpc) is 3.08. The molecule has 190 valence electrons.